The lowest BCUT2D eigenvalue weighted by molar-refractivity contribution is 0.756. The lowest BCUT2D eigenvalue weighted by atomic mass is 10.2. The fourth-order valence-electron chi connectivity index (χ4n) is 2.80. The number of aryl methyl sites for hydroxylation is 1. The number of aromatic nitrogens is 2. The van der Waals surface area contributed by atoms with E-state index in [1.54, 1.807) is 0 Å². The van der Waals surface area contributed by atoms with E-state index in [-0.39, 0.29) is 0 Å². The van der Waals surface area contributed by atoms with Gasteiger partial charge in [-0.1, -0.05) is 55.5 Å². The number of hydrogen-bond donors (Lipinski definition) is 1. The maximum absolute atomic E-state index is 4.71. The Morgan fingerprint density at radius 3 is 2.27 bits per heavy atom. The predicted octanol–water partition coefficient (Wildman–Crippen LogP) is 5.33. The monoisotopic (exact) mass is 346 g/mol. The van der Waals surface area contributed by atoms with Crippen LogP contribution in [0.5, 0.6) is 0 Å². The summed E-state index contributed by atoms with van der Waals surface area (Å²) in [6, 6.07) is 23.2. The molecule has 1 atom stereocenters. The number of hydrogen-bond acceptors (Lipinski definition) is 4. The number of rotatable bonds is 7. The molecular formula is C22H26N4. The summed E-state index contributed by atoms with van der Waals surface area (Å²) in [6.07, 6.45) is 1.05. The molecule has 134 valence electrons. The molecule has 0 aliphatic heterocycles. The quantitative estimate of drug-likeness (QED) is 0.627. The van der Waals surface area contributed by atoms with Crippen LogP contribution in [0.15, 0.2) is 66.7 Å². The topological polar surface area (TPSA) is 41.0 Å². The van der Waals surface area contributed by atoms with E-state index < -0.39 is 0 Å². The van der Waals surface area contributed by atoms with Gasteiger partial charge in [0, 0.05) is 24.3 Å². The van der Waals surface area contributed by atoms with Crippen LogP contribution in [0.1, 0.15) is 31.7 Å². The van der Waals surface area contributed by atoms with Gasteiger partial charge in [-0.15, -0.1) is 0 Å². The van der Waals surface area contributed by atoms with Gasteiger partial charge in [-0.2, -0.15) is 0 Å². The van der Waals surface area contributed by atoms with E-state index >= 15 is 0 Å². The molecule has 0 fully saturated rings. The van der Waals surface area contributed by atoms with Gasteiger partial charge in [0.25, 0.3) is 0 Å². The maximum atomic E-state index is 4.71. The Morgan fingerprint density at radius 1 is 0.962 bits per heavy atom. The smallest absolute Gasteiger partial charge is 0.139 e. The summed E-state index contributed by atoms with van der Waals surface area (Å²) in [7, 11) is 0. The van der Waals surface area contributed by atoms with Crippen molar-refractivity contribution in [2.45, 2.75) is 39.8 Å². The van der Waals surface area contributed by atoms with Crippen LogP contribution in [-0.2, 0) is 6.54 Å². The summed E-state index contributed by atoms with van der Waals surface area (Å²) in [4.78, 5) is 11.5. The molecule has 1 N–H and O–H groups in total. The number of nitrogens with one attached hydrogen (secondary N) is 1. The zero-order chi connectivity index (χ0) is 18.4. The first-order valence-electron chi connectivity index (χ1n) is 9.14. The second kappa shape index (κ2) is 8.48. The summed E-state index contributed by atoms with van der Waals surface area (Å²) in [5.74, 6) is 2.54. The summed E-state index contributed by atoms with van der Waals surface area (Å²) >= 11 is 0. The molecule has 2 aromatic carbocycles. The highest BCUT2D eigenvalue weighted by Gasteiger charge is 2.14. The van der Waals surface area contributed by atoms with Crippen LogP contribution in [0.2, 0.25) is 0 Å². The highest BCUT2D eigenvalue weighted by molar-refractivity contribution is 5.62. The maximum Gasteiger partial charge on any atom is 0.139 e. The molecule has 4 nitrogen and oxygen atoms in total. The molecule has 3 aromatic rings. The lowest BCUT2D eigenvalue weighted by Gasteiger charge is -2.25. The molecule has 0 aliphatic carbocycles. The molecule has 1 heterocycles. The highest BCUT2D eigenvalue weighted by Crippen LogP contribution is 2.27. The van der Waals surface area contributed by atoms with E-state index in [0.29, 0.717) is 6.04 Å². The standard InChI is InChI=1S/C22H26N4/c1-4-17(2)23-21-15-22(25-18(3)24-21)26(20-13-9-6-10-14-20)16-19-11-7-5-8-12-19/h5-15,17H,4,16H2,1-3H3,(H,23,24,25). The molecule has 3 rings (SSSR count). The van der Waals surface area contributed by atoms with Gasteiger partial charge in [0.05, 0.1) is 0 Å². The first-order chi connectivity index (χ1) is 12.7. The molecule has 1 aromatic heterocycles. The first-order valence-corrected chi connectivity index (χ1v) is 9.14. The van der Waals surface area contributed by atoms with E-state index in [1.807, 2.05) is 25.1 Å². The molecule has 0 radical (unpaired) electrons. The van der Waals surface area contributed by atoms with Gasteiger partial charge in [-0.3, -0.25) is 0 Å². The van der Waals surface area contributed by atoms with Crippen molar-refractivity contribution in [3.8, 4) is 0 Å². The van der Waals surface area contributed by atoms with Crippen molar-refractivity contribution in [2.24, 2.45) is 0 Å². The Hall–Kier alpha value is -2.88. The Labute approximate surface area is 155 Å². The van der Waals surface area contributed by atoms with Crippen LogP contribution in [-0.4, -0.2) is 16.0 Å². The van der Waals surface area contributed by atoms with Crippen molar-refractivity contribution in [1.82, 2.24) is 9.97 Å². The third kappa shape index (κ3) is 4.60. The lowest BCUT2D eigenvalue weighted by Crippen LogP contribution is -2.20. The largest absolute Gasteiger partial charge is 0.367 e. The zero-order valence-corrected chi connectivity index (χ0v) is 15.7. The highest BCUT2D eigenvalue weighted by atomic mass is 15.2. The van der Waals surface area contributed by atoms with Gasteiger partial charge < -0.3 is 10.2 Å². The number of anilines is 3. The molecule has 0 saturated carbocycles. The third-order valence-electron chi connectivity index (χ3n) is 4.36. The summed E-state index contributed by atoms with van der Waals surface area (Å²) in [5, 5.41) is 3.47. The SMILES string of the molecule is CCC(C)Nc1cc(N(Cc2ccccc2)c2ccccc2)nc(C)n1. The van der Waals surface area contributed by atoms with Crippen LogP contribution in [0.4, 0.5) is 17.3 Å². The second-order valence-electron chi connectivity index (χ2n) is 6.52. The molecule has 0 spiro atoms. The van der Waals surface area contributed by atoms with Gasteiger partial charge in [0.2, 0.25) is 0 Å². The van der Waals surface area contributed by atoms with Crippen LogP contribution in [0, 0.1) is 6.92 Å². The van der Waals surface area contributed by atoms with Crippen molar-refractivity contribution in [1.29, 1.82) is 0 Å². The van der Waals surface area contributed by atoms with E-state index in [2.05, 4.69) is 77.6 Å². The molecule has 0 bridgehead atoms. The van der Waals surface area contributed by atoms with Crippen molar-refractivity contribution >= 4 is 17.3 Å². The second-order valence-corrected chi connectivity index (χ2v) is 6.52. The Bertz CT molecular complexity index is 818. The Morgan fingerprint density at radius 2 is 1.62 bits per heavy atom. The molecule has 26 heavy (non-hydrogen) atoms. The first kappa shape index (κ1) is 17.9. The molecule has 0 saturated heterocycles. The Kier molecular flexibility index (Phi) is 5.84. The molecule has 4 heteroatoms. The average Bonchev–Trinajstić information content (AvgIpc) is 2.67. The van der Waals surface area contributed by atoms with Gasteiger partial charge in [0.1, 0.15) is 17.5 Å². The summed E-state index contributed by atoms with van der Waals surface area (Å²) in [5.41, 5.74) is 2.35. The van der Waals surface area contributed by atoms with Gasteiger partial charge in [-0.05, 0) is 38.0 Å². The minimum absolute atomic E-state index is 0.372. The molecule has 1 unspecified atom stereocenters. The average molecular weight is 346 g/mol. The van der Waals surface area contributed by atoms with E-state index in [9.17, 15) is 0 Å². The van der Waals surface area contributed by atoms with Gasteiger partial charge >= 0.3 is 0 Å². The minimum Gasteiger partial charge on any atom is -0.367 e. The van der Waals surface area contributed by atoms with Crippen molar-refractivity contribution in [3.63, 3.8) is 0 Å². The van der Waals surface area contributed by atoms with Gasteiger partial charge in [0.15, 0.2) is 0 Å². The normalized spacial score (nSPS) is 11.8. The number of nitrogens with zero attached hydrogens (tertiary/aromatic N) is 3. The van der Waals surface area contributed by atoms with Gasteiger partial charge in [-0.25, -0.2) is 9.97 Å². The van der Waals surface area contributed by atoms with E-state index in [1.165, 1.54) is 5.56 Å². The van der Waals surface area contributed by atoms with Crippen molar-refractivity contribution < 1.29 is 0 Å². The third-order valence-corrected chi connectivity index (χ3v) is 4.36. The van der Waals surface area contributed by atoms with Crippen molar-refractivity contribution in [3.05, 3.63) is 78.1 Å². The number of para-hydroxylation sites is 1. The molecule has 0 aliphatic rings. The fraction of sp³-hybridized carbons (Fsp3) is 0.273. The molecule has 0 amide bonds. The summed E-state index contributed by atoms with van der Waals surface area (Å²) in [6.45, 7) is 7.02. The van der Waals surface area contributed by atoms with Crippen LogP contribution in [0.25, 0.3) is 0 Å². The van der Waals surface area contributed by atoms with Crippen LogP contribution < -0.4 is 10.2 Å². The minimum atomic E-state index is 0.372. The van der Waals surface area contributed by atoms with Crippen molar-refractivity contribution in [2.75, 3.05) is 10.2 Å². The van der Waals surface area contributed by atoms with Crippen LogP contribution >= 0.6 is 0 Å². The van der Waals surface area contributed by atoms with Crippen LogP contribution in [0.3, 0.4) is 0 Å². The fourth-order valence-corrected chi connectivity index (χ4v) is 2.80. The zero-order valence-electron chi connectivity index (χ0n) is 15.7. The summed E-state index contributed by atoms with van der Waals surface area (Å²) < 4.78 is 0. The molecular weight excluding hydrogens is 320 g/mol. The van der Waals surface area contributed by atoms with E-state index in [4.69, 9.17) is 4.98 Å². The van der Waals surface area contributed by atoms with E-state index in [0.717, 1.165) is 36.1 Å². The predicted molar refractivity (Wildman–Crippen MR) is 109 cm³/mol. The number of benzene rings is 2. The Balaban J connectivity index is 1.98.